The minimum absolute atomic E-state index is 0.207. The molecule has 4 N–H and O–H groups in total. The summed E-state index contributed by atoms with van der Waals surface area (Å²) in [5, 5.41) is 12.1. The molecule has 13 heteroatoms. The van der Waals surface area contributed by atoms with Gasteiger partial charge in [-0.15, -0.1) is 0 Å². The number of hydrogen-bond acceptors (Lipinski definition) is 8. The molecule has 4 aromatic rings. The second-order valence-electron chi connectivity index (χ2n) is 10.6. The zero-order valence-electron chi connectivity index (χ0n) is 27.3. The van der Waals surface area contributed by atoms with Crippen LogP contribution in [0.25, 0.3) is 11.1 Å². The van der Waals surface area contributed by atoms with E-state index in [2.05, 4.69) is 5.32 Å². The van der Waals surface area contributed by atoms with Gasteiger partial charge in [0.25, 0.3) is 0 Å². The standard InChI is InChI=1S/C28H29ClO5.C8H10AsNO5/c1-3-32-27(30)25(28(31)33-4-2)16-15-21-13-14-23(18-26(21)29)22-11-8-12-24(17-22)34-19-20-9-6-5-7-10-20;1-5(11)10-8-6(9(13,14)15)3-2-4-7(8)12/h5-14,17-18,25H,3-4,15-16,19H2,1-2H3;2-4,12H,1H3,(H,10,11)(H2,13,14,15). The van der Waals surface area contributed by atoms with E-state index in [0.29, 0.717) is 18.1 Å². The number of carbonyl (C=O) groups is 3. The van der Waals surface area contributed by atoms with Gasteiger partial charge in [0.15, 0.2) is 5.92 Å². The number of phenolic OH excluding ortho intramolecular Hbond substituents is 1. The van der Waals surface area contributed by atoms with E-state index in [1.165, 1.54) is 25.1 Å². The molecular formula is C36H39AsClNO10. The van der Waals surface area contributed by atoms with E-state index in [4.69, 9.17) is 34.0 Å². The number of aromatic hydroxyl groups is 1. The van der Waals surface area contributed by atoms with Crippen molar-refractivity contribution in [3.63, 3.8) is 0 Å². The molecule has 0 spiro atoms. The molecule has 0 unspecified atom stereocenters. The molecule has 11 nitrogen and oxygen atoms in total. The second kappa shape index (κ2) is 18.9. The number of rotatable bonds is 13. The number of benzene rings is 4. The molecule has 0 saturated carbocycles. The first-order valence-corrected chi connectivity index (χ1v) is 19.1. The fourth-order valence-corrected chi connectivity index (χ4v) is 6.46. The molecular weight excluding hydrogens is 717 g/mol. The molecule has 49 heavy (non-hydrogen) atoms. The second-order valence-corrected chi connectivity index (χ2v) is 14.3. The van der Waals surface area contributed by atoms with Gasteiger partial charge >= 0.3 is 100 Å². The van der Waals surface area contributed by atoms with Gasteiger partial charge in [-0.1, -0.05) is 66.2 Å². The first-order valence-electron chi connectivity index (χ1n) is 15.4. The molecule has 0 aliphatic carbocycles. The fourth-order valence-electron chi connectivity index (χ4n) is 4.63. The minimum Gasteiger partial charge on any atom is -0.489 e. The van der Waals surface area contributed by atoms with Crippen LogP contribution < -0.4 is 14.4 Å². The third-order valence-corrected chi connectivity index (χ3v) is 9.40. The molecule has 0 heterocycles. The summed E-state index contributed by atoms with van der Waals surface area (Å²) in [5.41, 5.74) is 3.66. The molecule has 0 atom stereocenters. The summed E-state index contributed by atoms with van der Waals surface area (Å²) in [4.78, 5) is 35.2. The number of carbonyl (C=O) groups excluding carboxylic acids is 3. The Morgan fingerprint density at radius 2 is 1.47 bits per heavy atom. The molecule has 0 saturated heterocycles. The summed E-state index contributed by atoms with van der Waals surface area (Å²) in [6.07, 6.45) is 0.710. The number of halogens is 1. The van der Waals surface area contributed by atoms with E-state index >= 15 is 0 Å². The van der Waals surface area contributed by atoms with E-state index in [1.807, 2.05) is 72.8 Å². The number of anilines is 1. The van der Waals surface area contributed by atoms with E-state index in [9.17, 15) is 23.2 Å². The van der Waals surface area contributed by atoms with Gasteiger partial charge in [-0.3, -0.25) is 9.59 Å². The van der Waals surface area contributed by atoms with Crippen LogP contribution in [0.15, 0.2) is 91.0 Å². The van der Waals surface area contributed by atoms with Gasteiger partial charge in [-0.25, -0.2) is 0 Å². The van der Waals surface area contributed by atoms with E-state index < -0.39 is 37.9 Å². The van der Waals surface area contributed by atoms with E-state index in [1.54, 1.807) is 13.8 Å². The maximum absolute atomic E-state index is 12.2. The third-order valence-electron chi connectivity index (χ3n) is 6.95. The normalized spacial score (nSPS) is 10.8. The monoisotopic (exact) mass is 755 g/mol. The van der Waals surface area contributed by atoms with Crippen LogP contribution in [0.5, 0.6) is 11.5 Å². The molecule has 4 rings (SSSR count). The van der Waals surface area contributed by atoms with Crippen molar-refractivity contribution in [2.24, 2.45) is 5.92 Å². The first-order chi connectivity index (χ1) is 23.3. The molecule has 260 valence electrons. The van der Waals surface area contributed by atoms with E-state index in [0.717, 1.165) is 28.0 Å². The van der Waals surface area contributed by atoms with Crippen LogP contribution in [0.2, 0.25) is 5.02 Å². The fraction of sp³-hybridized carbons (Fsp3) is 0.250. The molecule has 0 radical (unpaired) electrons. The molecule has 0 aliphatic heterocycles. The predicted octanol–water partition coefficient (Wildman–Crippen LogP) is 5.17. The molecule has 0 aromatic heterocycles. The van der Waals surface area contributed by atoms with Crippen molar-refractivity contribution in [2.75, 3.05) is 18.5 Å². The Morgan fingerprint density at radius 1 is 0.837 bits per heavy atom. The van der Waals surface area contributed by atoms with Crippen molar-refractivity contribution in [1.29, 1.82) is 0 Å². The summed E-state index contributed by atoms with van der Waals surface area (Å²) >= 11 is 1.42. The Kier molecular flexibility index (Phi) is 15.0. The summed E-state index contributed by atoms with van der Waals surface area (Å²) in [7, 11) is 0. The number of ether oxygens (including phenoxy) is 3. The van der Waals surface area contributed by atoms with Gasteiger partial charge in [-0.2, -0.15) is 0 Å². The number of hydrogen-bond donors (Lipinski definition) is 4. The van der Waals surface area contributed by atoms with Crippen LogP contribution in [-0.2, 0) is 40.6 Å². The average Bonchev–Trinajstić information content (AvgIpc) is 3.06. The number of nitrogens with one attached hydrogen (secondary N) is 1. The van der Waals surface area contributed by atoms with Crippen LogP contribution in [0.4, 0.5) is 5.69 Å². The number of amides is 1. The van der Waals surface area contributed by atoms with Gasteiger partial charge < -0.3 is 14.2 Å². The summed E-state index contributed by atoms with van der Waals surface area (Å²) in [6.45, 7) is 5.50. The molecule has 1 amide bonds. The SMILES string of the molecule is CC(=O)Nc1c(O)cccc1[As](=O)(O)O.CCOC(=O)C(CCc1ccc(-c2cccc(OCc3ccccc3)c2)cc1Cl)C(=O)OCC. The maximum atomic E-state index is 12.2. The smallest absolute Gasteiger partial charge is 0.320 e. The molecule has 4 aromatic carbocycles. The summed E-state index contributed by atoms with van der Waals surface area (Å²) in [5.74, 6) is -2.21. The minimum atomic E-state index is -5.14. The third kappa shape index (κ3) is 12.1. The largest absolute Gasteiger partial charge is 0.489 e. The van der Waals surface area contributed by atoms with Gasteiger partial charge in [0, 0.05) is 5.02 Å². The molecule has 0 fully saturated rings. The van der Waals surface area contributed by atoms with E-state index in [-0.39, 0.29) is 35.4 Å². The van der Waals surface area contributed by atoms with Gasteiger partial charge in [0.1, 0.15) is 12.4 Å². The first kappa shape index (κ1) is 38.9. The van der Waals surface area contributed by atoms with Crippen molar-refractivity contribution in [3.8, 4) is 22.6 Å². The predicted molar refractivity (Wildman–Crippen MR) is 186 cm³/mol. The van der Waals surface area contributed by atoms with Crippen molar-refractivity contribution >= 4 is 53.7 Å². The topological polar surface area (TPSA) is 169 Å². The van der Waals surface area contributed by atoms with Gasteiger partial charge in [0.2, 0.25) is 0 Å². The van der Waals surface area contributed by atoms with Crippen LogP contribution in [-0.4, -0.2) is 58.5 Å². The maximum Gasteiger partial charge on any atom is 0.320 e. The van der Waals surface area contributed by atoms with Crippen molar-refractivity contribution in [3.05, 3.63) is 107 Å². The van der Waals surface area contributed by atoms with Crippen molar-refractivity contribution in [2.45, 2.75) is 40.2 Å². The molecule has 0 bridgehead atoms. The summed E-state index contributed by atoms with van der Waals surface area (Å²) < 4.78 is 44.8. The Morgan fingerprint density at radius 3 is 2.06 bits per heavy atom. The van der Waals surface area contributed by atoms with Crippen molar-refractivity contribution < 1.29 is 45.6 Å². The number of phenols is 1. The van der Waals surface area contributed by atoms with Crippen LogP contribution in [0.3, 0.4) is 0 Å². The Balaban J connectivity index is 0.000000362. The zero-order chi connectivity index (χ0) is 36.0. The van der Waals surface area contributed by atoms with Crippen LogP contribution in [0.1, 0.15) is 38.3 Å². The Hall–Kier alpha value is -4.54. The van der Waals surface area contributed by atoms with Gasteiger partial charge in [0.05, 0.1) is 13.2 Å². The number of para-hydroxylation sites is 1. The number of aryl methyl sites for hydroxylation is 1. The van der Waals surface area contributed by atoms with Crippen LogP contribution >= 0.6 is 11.6 Å². The number of esters is 2. The average molecular weight is 756 g/mol. The Bertz CT molecular complexity index is 1760. The van der Waals surface area contributed by atoms with Gasteiger partial charge in [-0.05, 0) is 67.1 Å². The Labute approximate surface area is 292 Å². The molecule has 0 aliphatic rings. The zero-order valence-corrected chi connectivity index (χ0v) is 29.9. The van der Waals surface area contributed by atoms with Crippen LogP contribution in [0, 0.1) is 5.92 Å². The van der Waals surface area contributed by atoms with Crippen molar-refractivity contribution in [1.82, 2.24) is 0 Å². The summed E-state index contributed by atoms with van der Waals surface area (Å²) in [6, 6.07) is 27.3. The quantitative estimate of drug-likeness (QED) is 0.0618.